The maximum Gasteiger partial charge on any atom is 0.272 e. The van der Waals surface area contributed by atoms with E-state index in [1.54, 1.807) is 13.0 Å². The Kier molecular flexibility index (Phi) is 3.58. The molecule has 0 unspecified atom stereocenters. The van der Waals surface area contributed by atoms with Crippen molar-refractivity contribution in [3.63, 3.8) is 0 Å². The monoisotopic (exact) mass is 320 g/mol. The number of carbonyl (C=O) groups is 1. The van der Waals surface area contributed by atoms with E-state index >= 15 is 0 Å². The van der Waals surface area contributed by atoms with E-state index in [1.165, 1.54) is 30.3 Å². The first-order valence-electron chi connectivity index (χ1n) is 6.50. The molecule has 1 aromatic heterocycles. The minimum atomic E-state index is -0.558. The van der Waals surface area contributed by atoms with E-state index in [-0.39, 0.29) is 10.8 Å². The van der Waals surface area contributed by atoms with E-state index in [0.29, 0.717) is 27.8 Å². The summed E-state index contributed by atoms with van der Waals surface area (Å²) in [6.45, 7) is 1.73. The average Bonchev–Trinajstić information content (AvgIpc) is 2.80. The standard InChI is InChI=1S/C16H11ClF2N2O/c1-8-11-6-9(18)2-5-14(11)21-15(8)16(22)20-10-3-4-13(19)12(17)7-10/h2-7,21H,1H3,(H,20,22). The second kappa shape index (κ2) is 5.42. The molecular formula is C16H11ClF2N2O. The van der Waals surface area contributed by atoms with Crippen molar-refractivity contribution in [1.29, 1.82) is 0 Å². The Balaban J connectivity index is 1.95. The van der Waals surface area contributed by atoms with Crippen LogP contribution >= 0.6 is 11.6 Å². The number of anilines is 1. The number of rotatable bonds is 2. The fourth-order valence-corrected chi connectivity index (χ4v) is 2.47. The lowest BCUT2D eigenvalue weighted by Crippen LogP contribution is -2.13. The molecule has 1 heterocycles. The van der Waals surface area contributed by atoms with Gasteiger partial charge in [0.05, 0.1) is 5.02 Å². The number of aromatic nitrogens is 1. The number of fused-ring (bicyclic) bond motifs is 1. The summed E-state index contributed by atoms with van der Waals surface area (Å²) in [5.74, 6) is -1.33. The molecule has 6 heteroatoms. The molecule has 2 aromatic carbocycles. The van der Waals surface area contributed by atoms with Crippen LogP contribution in [0.5, 0.6) is 0 Å². The lowest BCUT2D eigenvalue weighted by Gasteiger charge is -2.05. The van der Waals surface area contributed by atoms with Crippen molar-refractivity contribution in [2.45, 2.75) is 6.92 Å². The Morgan fingerprint density at radius 1 is 1.18 bits per heavy atom. The molecule has 0 spiro atoms. The molecule has 0 atom stereocenters. The lowest BCUT2D eigenvalue weighted by atomic mass is 10.1. The molecule has 3 nitrogen and oxygen atoms in total. The Hall–Kier alpha value is -2.40. The zero-order chi connectivity index (χ0) is 15.9. The van der Waals surface area contributed by atoms with Crippen LogP contribution in [0.2, 0.25) is 5.02 Å². The van der Waals surface area contributed by atoms with Gasteiger partial charge in [-0.1, -0.05) is 11.6 Å². The summed E-state index contributed by atoms with van der Waals surface area (Å²) >= 11 is 5.68. The van der Waals surface area contributed by atoms with Crippen molar-refractivity contribution in [1.82, 2.24) is 4.98 Å². The molecule has 0 bridgehead atoms. The molecule has 22 heavy (non-hydrogen) atoms. The number of halogens is 3. The van der Waals surface area contributed by atoms with Gasteiger partial charge in [0, 0.05) is 16.6 Å². The Morgan fingerprint density at radius 3 is 2.68 bits per heavy atom. The lowest BCUT2D eigenvalue weighted by molar-refractivity contribution is 0.102. The van der Waals surface area contributed by atoms with Gasteiger partial charge in [0.2, 0.25) is 0 Å². The fraction of sp³-hybridized carbons (Fsp3) is 0.0625. The van der Waals surface area contributed by atoms with Crippen LogP contribution in [-0.4, -0.2) is 10.9 Å². The van der Waals surface area contributed by atoms with Crippen molar-refractivity contribution in [3.8, 4) is 0 Å². The van der Waals surface area contributed by atoms with Crippen LogP contribution in [0, 0.1) is 18.6 Å². The first-order chi connectivity index (χ1) is 10.5. The minimum absolute atomic E-state index is 0.0757. The normalized spacial score (nSPS) is 10.9. The number of hydrogen-bond acceptors (Lipinski definition) is 1. The Labute approximate surface area is 129 Å². The number of hydrogen-bond donors (Lipinski definition) is 2. The van der Waals surface area contributed by atoms with Crippen molar-refractivity contribution < 1.29 is 13.6 Å². The second-order valence-electron chi connectivity index (χ2n) is 4.90. The third-order valence-electron chi connectivity index (χ3n) is 3.42. The van der Waals surface area contributed by atoms with Crippen LogP contribution in [0.4, 0.5) is 14.5 Å². The summed E-state index contributed by atoms with van der Waals surface area (Å²) in [5, 5.41) is 3.19. The highest BCUT2D eigenvalue weighted by Crippen LogP contribution is 2.24. The predicted octanol–water partition coefficient (Wildman–Crippen LogP) is 4.66. The summed E-state index contributed by atoms with van der Waals surface area (Å²) in [4.78, 5) is 15.3. The van der Waals surface area contributed by atoms with E-state index in [2.05, 4.69) is 10.3 Å². The summed E-state index contributed by atoms with van der Waals surface area (Å²) in [6, 6.07) is 8.17. The van der Waals surface area contributed by atoms with Gasteiger partial charge in [0.25, 0.3) is 5.91 Å². The number of nitrogens with one attached hydrogen (secondary N) is 2. The van der Waals surface area contributed by atoms with Crippen molar-refractivity contribution in [3.05, 3.63) is 64.3 Å². The number of carbonyl (C=O) groups excluding carboxylic acids is 1. The van der Waals surface area contributed by atoms with Crippen molar-refractivity contribution in [2.24, 2.45) is 0 Å². The predicted molar refractivity (Wildman–Crippen MR) is 82.4 cm³/mol. The maximum atomic E-state index is 13.3. The molecule has 0 radical (unpaired) electrons. The second-order valence-corrected chi connectivity index (χ2v) is 5.31. The Bertz CT molecular complexity index is 889. The molecule has 0 aliphatic rings. The van der Waals surface area contributed by atoms with Crippen LogP contribution in [-0.2, 0) is 0 Å². The van der Waals surface area contributed by atoms with E-state index in [0.717, 1.165) is 0 Å². The molecule has 0 saturated heterocycles. The quantitative estimate of drug-likeness (QED) is 0.708. The molecule has 0 fully saturated rings. The van der Waals surface area contributed by atoms with Crippen LogP contribution in [0.15, 0.2) is 36.4 Å². The molecule has 0 saturated carbocycles. The van der Waals surface area contributed by atoms with E-state index in [9.17, 15) is 13.6 Å². The van der Waals surface area contributed by atoms with Gasteiger partial charge in [-0.15, -0.1) is 0 Å². The number of aromatic amines is 1. The third-order valence-corrected chi connectivity index (χ3v) is 3.71. The first-order valence-corrected chi connectivity index (χ1v) is 6.88. The highest BCUT2D eigenvalue weighted by molar-refractivity contribution is 6.31. The van der Waals surface area contributed by atoms with Gasteiger partial charge in [-0.05, 0) is 48.9 Å². The molecule has 1 amide bonds. The zero-order valence-corrected chi connectivity index (χ0v) is 12.3. The van der Waals surface area contributed by atoms with Crippen LogP contribution in [0.25, 0.3) is 10.9 Å². The summed E-state index contributed by atoms with van der Waals surface area (Å²) < 4.78 is 26.4. The van der Waals surface area contributed by atoms with Gasteiger partial charge >= 0.3 is 0 Å². The van der Waals surface area contributed by atoms with Crippen LogP contribution < -0.4 is 5.32 Å². The number of aryl methyl sites for hydroxylation is 1. The minimum Gasteiger partial charge on any atom is -0.350 e. The van der Waals surface area contributed by atoms with E-state index < -0.39 is 11.7 Å². The summed E-state index contributed by atoms with van der Waals surface area (Å²) in [5.41, 5.74) is 2.00. The van der Waals surface area contributed by atoms with Crippen LogP contribution in [0.3, 0.4) is 0 Å². The van der Waals surface area contributed by atoms with Gasteiger partial charge in [-0.25, -0.2) is 8.78 Å². The van der Waals surface area contributed by atoms with Gasteiger partial charge in [0.1, 0.15) is 17.3 Å². The molecule has 112 valence electrons. The van der Waals surface area contributed by atoms with Gasteiger partial charge in [-0.3, -0.25) is 4.79 Å². The molecule has 2 N–H and O–H groups in total. The summed E-state index contributed by atoms with van der Waals surface area (Å²) in [7, 11) is 0. The Morgan fingerprint density at radius 2 is 1.95 bits per heavy atom. The average molecular weight is 321 g/mol. The number of benzene rings is 2. The molecule has 3 aromatic rings. The SMILES string of the molecule is Cc1c(C(=O)Nc2ccc(F)c(Cl)c2)[nH]c2ccc(F)cc12. The number of amides is 1. The van der Waals surface area contributed by atoms with E-state index in [4.69, 9.17) is 11.6 Å². The van der Waals surface area contributed by atoms with Gasteiger partial charge in [-0.2, -0.15) is 0 Å². The highest BCUT2D eigenvalue weighted by atomic mass is 35.5. The van der Waals surface area contributed by atoms with E-state index in [1.807, 2.05) is 0 Å². The molecule has 0 aliphatic carbocycles. The topological polar surface area (TPSA) is 44.9 Å². The van der Waals surface area contributed by atoms with Crippen molar-refractivity contribution in [2.75, 3.05) is 5.32 Å². The highest BCUT2D eigenvalue weighted by Gasteiger charge is 2.15. The van der Waals surface area contributed by atoms with Gasteiger partial charge < -0.3 is 10.3 Å². The van der Waals surface area contributed by atoms with Crippen molar-refractivity contribution >= 4 is 34.1 Å². The largest absolute Gasteiger partial charge is 0.350 e. The molecule has 3 rings (SSSR count). The smallest absolute Gasteiger partial charge is 0.272 e. The van der Waals surface area contributed by atoms with Gasteiger partial charge in [0.15, 0.2) is 0 Å². The maximum absolute atomic E-state index is 13.3. The molecule has 0 aliphatic heterocycles. The zero-order valence-electron chi connectivity index (χ0n) is 11.5. The fourth-order valence-electron chi connectivity index (χ4n) is 2.29. The third kappa shape index (κ3) is 2.55. The molecular weight excluding hydrogens is 310 g/mol. The number of H-pyrrole nitrogens is 1. The first kappa shape index (κ1) is 14.5. The summed E-state index contributed by atoms with van der Waals surface area (Å²) in [6.07, 6.45) is 0. The van der Waals surface area contributed by atoms with Crippen LogP contribution in [0.1, 0.15) is 16.1 Å².